The van der Waals surface area contributed by atoms with Gasteiger partial charge in [0.2, 0.25) is 11.8 Å². The second-order valence-corrected chi connectivity index (χ2v) is 5.40. The molecule has 0 aliphatic rings. The van der Waals surface area contributed by atoms with E-state index in [9.17, 15) is 19.2 Å². The topological polar surface area (TPSA) is 92.3 Å². The molecule has 8 heteroatoms. The number of amides is 2. The van der Waals surface area contributed by atoms with Gasteiger partial charge in [-0.15, -0.1) is 0 Å². The van der Waals surface area contributed by atoms with Crippen LogP contribution in [0.3, 0.4) is 0 Å². The molecule has 2 N–H and O–H groups in total. The monoisotopic (exact) mass is 300 g/mol. The summed E-state index contributed by atoms with van der Waals surface area (Å²) < 4.78 is 0. The number of unbranched alkanes of at least 4 members (excludes halogenated alkanes) is 1. The Morgan fingerprint density at radius 3 is 2.05 bits per heavy atom. The van der Waals surface area contributed by atoms with E-state index in [-0.39, 0.29) is 23.5 Å². The van der Waals surface area contributed by atoms with Gasteiger partial charge in [-0.25, -0.2) is 0 Å². The highest BCUT2D eigenvalue weighted by Gasteiger charge is 2.18. The highest BCUT2D eigenvalue weighted by molar-refractivity contribution is 7.40. The maximum Gasteiger partial charge on any atom is 0.242 e. The van der Waals surface area contributed by atoms with E-state index < -0.39 is 18.0 Å². The molecule has 0 aromatic rings. The van der Waals surface area contributed by atoms with Crippen LogP contribution in [0.2, 0.25) is 0 Å². The molecule has 0 aliphatic heterocycles. The van der Waals surface area contributed by atoms with Crippen molar-refractivity contribution in [3.8, 4) is 0 Å². The van der Waals surface area contributed by atoms with Crippen molar-refractivity contribution in [2.45, 2.75) is 51.6 Å². The number of hydrogen-bond donors (Lipinski definition) is 2. The van der Waals surface area contributed by atoms with Crippen molar-refractivity contribution in [1.82, 2.24) is 10.6 Å². The smallest absolute Gasteiger partial charge is 0.242 e. The minimum absolute atomic E-state index is 0.106. The van der Waals surface area contributed by atoms with Gasteiger partial charge in [0.15, 0.2) is 13.4 Å². The van der Waals surface area contributed by atoms with Crippen molar-refractivity contribution < 1.29 is 19.2 Å². The second kappa shape index (κ2) is 9.64. The van der Waals surface area contributed by atoms with E-state index in [4.69, 9.17) is 0 Å². The number of nitrogens with one attached hydrogen (secondary N) is 2. The Morgan fingerprint density at radius 2 is 1.55 bits per heavy atom. The van der Waals surface area contributed by atoms with Crippen LogP contribution in [0.15, 0.2) is 0 Å². The van der Waals surface area contributed by atoms with Gasteiger partial charge in [0, 0.05) is 6.42 Å². The summed E-state index contributed by atoms with van der Waals surface area (Å²) >= 11 is 0. The van der Waals surface area contributed by atoms with Gasteiger partial charge in [-0.05, 0) is 33.1 Å². The minimum atomic E-state index is -0.692. The first-order valence-electron chi connectivity index (χ1n) is 6.62. The predicted molar refractivity (Wildman–Crippen MR) is 81.9 cm³/mol. The second-order valence-electron chi connectivity index (χ2n) is 4.83. The average Bonchev–Trinajstić information content (AvgIpc) is 2.33. The Morgan fingerprint density at radius 1 is 1.00 bits per heavy atom. The molecule has 0 saturated carbocycles. The molecular formula is C12H22BN2O4P. The summed E-state index contributed by atoms with van der Waals surface area (Å²) in [5.41, 5.74) is -0.115. The predicted octanol–water partition coefficient (Wildman–Crippen LogP) is -0.882. The van der Waals surface area contributed by atoms with Crippen LogP contribution in [0.4, 0.5) is 0 Å². The van der Waals surface area contributed by atoms with E-state index >= 15 is 0 Å². The molecule has 2 amide bonds. The molecule has 0 heterocycles. The van der Waals surface area contributed by atoms with E-state index in [2.05, 4.69) is 10.6 Å². The van der Waals surface area contributed by atoms with Gasteiger partial charge in [0.25, 0.3) is 0 Å². The summed E-state index contributed by atoms with van der Waals surface area (Å²) in [5, 5.41) is 5.06. The zero-order valence-electron chi connectivity index (χ0n) is 12.2. The first-order chi connectivity index (χ1) is 9.23. The van der Waals surface area contributed by atoms with Crippen LogP contribution >= 0.6 is 9.24 Å². The minimum Gasteiger partial charge on any atom is -0.345 e. The molecule has 0 rings (SSSR count). The van der Waals surface area contributed by atoms with Crippen LogP contribution in [-0.4, -0.2) is 43.0 Å². The Labute approximate surface area is 122 Å². The van der Waals surface area contributed by atoms with Crippen LogP contribution in [0, 0.1) is 0 Å². The largest absolute Gasteiger partial charge is 0.345 e. The van der Waals surface area contributed by atoms with Crippen LogP contribution in [0.25, 0.3) is 0 Å². The third kappa shape index (κ3) is 8.80. The van der Waals surface area contributed by atoms with E-state index in [1.54, 1.807) is 13.8 Å². The van der Waals surface area contributed by atoms with Crippen molar-refractivity contribution >= 4 is 40.1 Å². The van der Waals surface area contributed by atoms with E-state index in [0.717, 1.165) is 0 Å². The number of carbonyl (C=O) groups excluding carboxylic acids is 4. The number of hydrogen-bond acceptors (Lipinski definition) is 4. The van der Waals surface area contributed by atoms with Crippen molar-refractivity contribution in [3.63, 3.8) is 0 Å². The molecule has 0 radical (unpaired) electrons. The fourth-order valence-corrected chi connectivity index (χ4v) is 1.53. The van der Waals surface area contributed by atoms with Crippen LogP contribution in [-0.2, 0) is 19.2 Å². The van der Waals surface area contributed by atoms with Gasteiger partial charge in [-0.3, -0.25) is 14.4 Å². The van der Waals surface area contributed by atoms with Crippen LogP contribution < -0.4 is 10.6 Å². The quantitative estimate of drug-likeness (QED) is 0.328. The lowest BCUT2D eigenvalue weighted by atomic mass is 9.97. The number of carbonyl (C=O) groups is 4. The Kier molecular flexibility index (Phi) is 9.05. The zero-order chi connectivity index (χ0) is 15.7. The molecule has 0 bridgehead atoms. The van der Waals surface area contributed by atoms with Crippen molar-refractivity contribution in [1.29, 1.82) is 0 Å². The van der Waals surface area contributed by atoms with Crippen LogP contribution in [0.5, 0.6) is 0 Å². The fourth-order valence-electron chi connectivity index (χ4n) is 1.45. The van der Waals surface area contributed by atoms with E-state index in [1.165, 1.54) is 7.85 Å². The van der Waals surface area contributed by atoms with Gasteiger partial charge in [-0.2, -0.15) is 0 Å². The molecule has 112 valence electrons. The third-order valence-corrected chi connectivity index (χ3v) is 3.24. The van der Waals surface area contributed by atoms with Gasteiger partial charge < -0.3 is 15.4 Å². The summed E-state index contributed by atoms with van der Waals surface area (Å²) in [6, 6.07) is -1.29. The summed E-state index contributed by atoms with van der Waals surface area (Å²) in [4.78, 5) is 45.0. The number of rotatable bonds is 9. The highest BCUT2D eigenvalue weighted by atomic mass is 31.0. The molecule has 0 fully saturated rings. The highest BCUT2D eigenvalue weighted by Crippen LogP contribution is 2.00. The first kappa shape index (κ1) is 18.8. The normalized spacial score (nSPS) is 13.2. The third-order valence-electron chi connectivity index (χ3n) is 2.74. The lowest BCUT2D eigenvalue weighted by molar-refractivity contribution is -0.129. The van der Waals surface area contributed by atoms with E-state index in [1.807, 2.05) is 9.24 Å². The molecular weight excluding hydrogens is 278 g/mol. The lowest BCUT2D eigenvalue weighted by Crippen LogP contribution is -2.48. The van der Waals surface area contributed by atoms with Gasteiger partial charge in [0.1, 0.15) is 6.04 Å². The van der Waals surface area contributed by atoms with Crippen LogP contribution in [0.1, 0.15) is 39.5 Å². The Bertz CT molecular complexity index is 390. The van der Waals surface area contributed by atoms with Gasteiger partial charge in [-0.1, -0.05) is 9.24 Å². The Hall–Kier alpha value is -1.23. The summed E-state index contributed by atoms with van der Waals surface area (Å²) in [6.07, 6.45) is 2.03. The fraction of sp³-hybridized carbons (Fsp3) is 0.667. The molecule has 20 heavy (non-hydrogen) atoms. The average molecular weight is 300 g/mol. The maximum atomic E-state index is 11.7. The maximum absolute atomic E-state index is 11.7. The molecule has 0 spiro atoms. The summed E-state index contributed by atoms with van der Waals surface area (Å²) in [7, 11) is 3.51. The van der Waals surface area contributed by atoms with Crippen molar-refractivity contribution in [3.05, 3.63) is 0 Å². The standard InChI is InChI=1S/C12H22BN2O4P/c1-7(11(18)15-8(2)12(19)20)14-10(17)6-4-3-5-9(13)16/h7-8H,3-6,13,20H2,1-2H3,(H,14,17)(H,15,18). The summed E-state index contributed by atoms with van der Waals surface area (Å²) in [6.45, 7) is 3.13. The van der Waals surface area contributed by atoms with Crippen molar-refractivity contribution in [2.75, 3.05) is 0 Å². The molecule has 3 unspecified atom stereocenters. The molecule has 0 aliphatic carbocycles. The SMILES string of the molecule is BC(=O)CCCCC(=O)NC(C)C(=O)NC(C)C(=O)P. The molecule has 3 atom stereocenters. The zero-order valence-corrected chi connectivity index (χ0v) is 13.3. The van der Waals surface area contributed by atoms with Gasteiger partial charge in [0.05, 0.1) is 11.7 Å². The molecule has 0 saturated heterocycles. The molecule has 6 nitrogen and oxygen atoms in total. The van der Waals surface area contributed by atoms with Gasteiger partial charge >= 0.3 is 0 Å². The first-order valence-corrected chi connectivity index (χ1v) is 7.20. The molecule has 0 aromatic carbocycles. The van der Waals surface area contributed by atoms with Crippen molar-refractivity contribution in [2.24, 2.45) is 0 Å². The lowest BCUT2D eigenvalue weighted by Gasteiger charge is -2.16. The Balaban J connectivity index is 3.97. The summed E-state index contributed by atoms with van der Waals surface area (Å²) in [5.74, 6) is -0.633. The van der Waals surface area contributed by atoms with E-state index in [0.29, 0.717) is 19.3 Å². The molecule has 0 aromatic heterocycles.